The van der Waals surface area contributed by atoms with Crippen LogP contribution in [0.3, 0.4) is 0 Å². The fraction of sp³-hybridized carbons (Fsp3) is 0.429. The summed E-state index contributed by atoms with van der Waals surface area (Å²) >= 11 is 11.7. The minimum Gasteiger partial charge on any atom is -0.481 e. The van der Waals surface area contributed by atoms with Gasteiger partial charge in [-0.05, 0) is 31.0 Å². The molecular formula is C14H13Cl2NO4. The van der Waals surface area contributed by atoms with Crippen molar-refractivity contribution in [2.45, 2.75) is 25.0 Å². The monoisotopic (exact) mass is 329 g/mol. The molecule has 1 aromatic carbocycles. The summed E-state index contributed by atoms with van der Waals surface area (Å²) in [6.45, 7) is 0. The summed E-state index contributed by atoms with van der Waals surface area (Å²) in [7, 11) is 0. The fourth-order valence-corrected chi connectivity index (χ4v) is 3.42. The number of fused-ring (bicyclic) bond motifs is 2. The van der Waals surface area contributed by atoms with Gasteiger partial charge in [-0.3, -0.25) is 9.59 Å². The highest BCUT2D eigenvalue weighted by atomic mass is 35.5. The molecule has 5 nitrogen and oxygen atoms in total. The zero-order chi connectivity index (χ0) is 15.1. The highest BCUT2D eigenvalue weighted by Gasteiger charge is 2.55. The zero-order valence-corrected chi connectivity index (χ0v) is 12.4. The molecule has 0 radical (unpaired) electrons. The summed E-state index contributed by atoms with van der Waals surface area (Å²) in [4.78, 5) is 23.7. The third-order valence-electron chi connectivity index (χ3n) is 4.05. The minimum absolute atomic E-state index is 0.320. The van der Waals surface area contributed by atoms with Gasteiger partial charge in [0.2, 0.25) is 5.91 Å². The van der Waals surface area contributed by atoms with E-state index in [-0.39, 0.29) is 18.1 Å². The molecular weight excluding hydrogens is 317 g/mol. The number of hydrogen-bond donors (Lipinski definition) is 2. The van der Waals surface area contributed by atoms with Gasteiger partial charge in [0.05, 0.1) is 34.1 Å². The predicted molar refractivity (Wildman–Crippen MR) is 77.6 cm³/mol. The molecule has 7 heteroatoms. The van der Waals surface area contributed by atoms with Crippen molar-refractivity contribution in [2.75, 3.05) is 5.32 Å². The van der Waals surface area contributed by atoms with Gasteiger partial charge in [0.1, 0.15) is 0 Å². The Kier molecular flexibility index (Phi) is 3.82. The second-order valence-electron chi connectivity index (χ2n) is 5.30. The Labute approximate surface area is 131 Å². The second-order valence-corrected chi connectivity index (χ2v) is 6.11. The minimum atomic E-state index is -0.989. The number of carboxylic acids is 1. The van der Waals surface area contributed by atoms with Crippen LogP contribution in [0.15, 0.2) is 18.2 Å². The van der Waals surface area contributed by atoms with E-state index in [9.17, 15) is 14.7 Å². The lowest BCUT2D eigenvalue weighted by molar-refractivity contribution is -0.147. The molecule has 0 spiro atoms. The van der Waals surface area contributed by atoms with Gasteiger partial charge in [-0.1, -0.05) is 23.2 Å². The lowest BCUT2D eigenvalue weighted by Crippen LogP contribution is -2.40. The number of benzene rings is 1. The van der Waals surface area contributed by atoms with E-state index in [4.69, 9.17) is 27.9 Å². The number of anilines is 1. The SMILES string of the molecule is O=C(O)C1C2CCC(O2)C1C(=O)Nc1ccc(Cl)c(Cl)c1. The molecule has 0 saturated carbocycles. The van der Waals surface area contributed by atoms with E-state index < -0.39 is 17.8 Å². The number of aliphatic carboxylic acids is 1. The van der Waals surface area contributed by atoms with E-state index in [1.807, 2.05) is 0 Å². The van der Waals surface area contributed by atoms with E-state index in [2.05, 4.69) is 5.32 Å². The Balaban J connectivity index is 1.78. The number of rotatable bonds is 3. The van der Waals surface area contributed by atoms with Crippen LogP contribution in [-0.4, -0.2) is 29.2 Å². The van der Waals surface area contributed by atoms with Crippen LogP contribution < -0.4 is 5.32 Å². The molecule has 0 aliphatic carbocycles. The molecule has 0 aromatic heterocycles. The molecule has 1 amide bonds. The van der Waals surface area contributed by atoms with Crippen molar-refractivity contribution in [1.82, 2.24) is 0 Å². The quantitative estimate of drug-likeness (QED) is 0.894. The van der Waals surface area contributed by atoms with E-state index in [0.29, 0.717) is 28.6 Å². The largest absolute Gasteiger partial charge is 0.481 e. The highest BCUT2D eigenvalue weighted by molar-refractivity contribution is 6.42. The zero-order valence-electron chi connectivity index (χ0n) is 10.9. The first-order chi connectivity index (χ1) is 9.97. The smallest absolute Gasteiger partial charge is 0.310 e. The number of amides is 1. The van der Waals surface area contributed by atoms with Crippen molar-refractivity contribution in [1.29, 1.82) is 0 Å². The van der Waals surface area contributed by atoms with Crippen molar-refractivity contribution in [3.05, 3.63) is 28.2 Å². The number of carbonyl (C=O) groups excluding carboxylic acids is 1. The van der Waals surface area contributed by atoms with Crippen LogP contribution in [0.5, 0.6) is 0 Å². The summed E-state index contributed by atoms with van der Waals surface area (Å²) < 4.78 is 5.57. The molecule has 2 fully saturated rings. The summed E-state index contributed by atoms with van der Waals surface area (Å²) in [5, 5.41) is 12.7. The van der Waals surface area contributed by atoms with Crippen molar-refractivity contribution < 1.29 is 19.4 Å². The van der Waals surface area contributed by atoms with Gasteiger partial charge >= 0.3 is 5.97 Å². The van der Waals surface area contributed by atoms with Crippen LogP contribution in [0.2, 0.25) is 10.0 Å². The molecule has 2 bridgehead atoms. The Morgan fingerprint density at radius 3 is 2.43 bits per heavy atom. The molecule has 2 N–H and O–H groups in total. The second kappa shape index (κ2) is 5.48. The van der Waals surface area contributed by atoms with Gasteiger partial charge in [-0.2, -0.15) is 0 Å². The van der Waals surface area contributed by atoms with Crippen LogP contribution in [0, 0.1) is 11.8 Å². The lowest BCUT2D eigenvalue weighted by atomic mass is 9.78. The van der Waals surface area contributed by atoms with Crippen LogP contribution in [-0.2, 0) is 14.3 Å². The van der Waals surface area contributed by atoms with Crippen molar-refractivity contribution in [2.24, 2.45) is 11.8 Å². The van der Waals surface area contributed by atoms with Crippen molar-refractivity contribution in [3.63, 3.8) is 0 Å². The van der Waals surface area contributed by atoms with Gasteiger partial charge in [0.15, 0.2) is 0 Å². The van der Waals surface area contributed by atoms with Crippen LogP contribution in [0.4, 0.5) is 5.69 Å². The topological polar surface area (TPSA) is 75.6 Å². The number of ether oxygens (including phenoxy) is 1. The van der Waals surface area contributed by atoms with Crippen LogP contribution in [0.25, 0.3) is 0 Å². The van der Waals surface area contributed by atoms with E-state index in [1.54, 1.807) is 12.1 Å². The molecule has 21 heavy (non-hydrogen) atoms. The Bertz CT molecular complexity index is 607. The normalized spacial score (nSPS) is 30.4. The lowest BCUT2D eigenvalue weighted by Gasteiger charge is -2.23. The molecule has 1 aromatic rings. The number of halogens is 2. The van der Waals surface area contributed by atoms with Crippen molar-refractivity contribution in [3.8, 4) is 0 Å². The molecule has 4 atom stereocenters. The molecule has 2 saturated heterocycles. The Morgan fingerprint density at radius 2 is 1.81 bits per heavy atom. The summed E-state index contributed by atoms with van der Waals surface area (Å²) in [5.74, 6) is -2.80. The van der Waals surface area contributed by atoms with Crippen molar-refractivity contribution >= 4 is 40.8 Å². The summed E-state index contributed by atoms with van der Waals surface area (Å²) in [6.07, 6.45) is 0.724. The molecule has 4 unspecified atom stereocenters. The molecule has 2 aliphatic heterocycles. The Morgan fingerprint density at radius 1 is 1.14 bits per heavy atom. The number of nitrogens with one attached hydrogen (secondary N) is 1. The Hall–Kier alpha value is -1.30. The first-order valence-corrected chi connectivity index (χ1v) is 7.37. The van der Waals surface area contributed by atoms with Crippen LogP contribution >= 0.6 is 23.2 Å². The third-order valence-corrected chi connectivity index (χ3v) is 4.79. The molecule has 2 aliphatic rings. The third kappa shape index (κ3) is 2.61. The van der Waals surface area contributed by atoms with Gasteiger partial charge in [-0.25, -0.2) is 0 Å². The average Bonchev–Trinajstić information content (AvgIpc) is 3.03. The maximum atomic E-state index is 12.4. The average molecular weight is 330 g/mol. The summed E-state index contributed by atoms with van der Waals surface area (Å²) in [5.41, 5.74) is 0.487. The first-order valence-electron chi connectivity index (χ1n) is 6.61. The molecule has 3 rings (SSSR count). The maximum Gasteiger partial charge on any atom is 0.310 e. The van der Waals surface area contributed by atoms with E-state index >= 15 is 0 Å². The van der Waals surface area contributed by atoms with Gasteiger partial charge < -0.3 is 15.2 Å². The maximum absolute atomic E-state index is 12.4. The predicted octanol–water partition coefficient (Wildman–Crippen LogP) is 2.81. The number of carboxylic acid groups (broad SMARTS) is 1. The molecule has 2 heterocycles. The molecule has 112 valence electrons. The first kappa shape index (κ1) is 14.6. The van der Waals surface area contributed by atoms with Gasteiger partial charge in [-0.15, -0.1) is 0 Å². The van der Waals surface area contributed by atoms with Crippen LogP contribution in [0.1, 0.15) is 12.8 Å². The fourth-order valence-electron chi connectivity index (χ4n) is 3.12. The summed E-state index contributed by atoms with van der Waals surface area (Å²) in [6, 6.07) is 4.73. The standard InChI is InChI=1S/C14H13Cl2NO4/c15-7-2-1-6(5-8(7)16)17-13(18)11-9-3-4-10(21-9)12(11)14(19)20/h1-2,5,9-12H,3-4H2,(H,17,18)(H,19,20). The van der Waals surface area contributed by atoms with E-state index in [1.165, 1.54) is 6.07 Å². The van der Waals surface area contributed by atoms with E-state index in [0.717, 1.165) is 0 Å². The number of hydrogen-bond acceptors (Lipinski definition) is 3. The highest BCUT2D eigenvalue weighted by Crippen LogP contribution is 2.44. The number of carbonyl (C=O) groups is 2. The van der Waals surface area contributed by atoms with Gasteiger partial charge in [0, 0.05) is 5.69 Å². The van der Waals surface area contributed by atoms with Gasteiger partial charge in [0.25, 0.3) is 0 Å².